The van der Waals surface area contributed by atoms with Gasteiger partial charge in [-0.15, -0.1) is 0 Å². The lowest BCUT2D eigenvalue weighted by atomic mass is 9.82. The molecule has 3 nitrogen and oxygen atoms in total. The highest BCUT2D eigenvalue weighted by molar-refractivity contribution is 9.10. The molecule has 2 aliphatic rings. The van der Waals surface area contributed by atoms with Crippen LogP contribution < -0.4 is 11.3 Å². The SMILES string of the molecule is NNC(c1cscc1Br)C1(N2CCCCC2)CCCC1. The van der Waals surface area contributed by atoms with Crippen molar-refractivity contribution in [2.75, 3.05) is 13.1 Å². The van der Waals surface area contributed by atoms with E-state index in [9.17, 15) is 0 Å². The molecule has 1 aromatic rings. The van der Waals surface area contributed by atoms with Gasteiger partial charge in [-0.05, 0) is 65.6 Å². The molecule has 1 aromatic heterocycles. The maximum Gasteiger partial charge on any atom is 0.0663 e. The summed E-state index contributed by atoms with van der Waals surface area (Å²) in [5.74, 6) is 6.01. The quantitative estimate of drug-likeness (QED) is 0.635. The molecule has 0 spiro atoms. The van der Waals surface area contributed by atoms with Crippen LogP contribution in [0.15, 0.2) is 15.2 Å². The van der Waals surface area contributed by atoms with Gasteiger partial charge in [0.15, 0.2) is 0 Å². The Hall–Kier alpha value is 0.0600. The second-order valence-corrected chi connectivity index (χ2v) is 7.73. The average molecular weight is 358 g/mol. The Labute approximate surface area is 134 Å². The fourth-order valence-corrected chi connectivity index (χ4v) is 5.70. The average Bonchev–Trinajstić information content (AvgIpc) is 3.12. The van der Waals surface area contributed by atoms with Gasteiger partial charge in [0.25, 0.3) is 0 Å². The molecule has 2 heterocycles. The van der Waals surface area contributed by atoms with Crippen LogP contribution in [0.2, 0.25) is 0 Å². The van der Waals surface area contributed by atoms with Crippen molar-refractivity contribution in [2.24, 2.45) is 5.84 Å². The van der Waals surface area contributed by atoms with E-state index in [0.29, 0.717) is 0 Å². The summed E-state index contributed by atoms with van der Waals surface area (Å²) >= 11 is 5.45. The van der Waals surface area contributed by atoms with Crippen molar-refractivity contribution in [3.63, 3.8) is 0 Å². The van der Waals surface area contributed by atoms with Crippen LogP contribution >= 0.6 is 27.3 Å². The monoisotopic (exact) mass is 357 g/mol. The van der Waals surface area contributed by atoms with Crippen molar-refractivity contribution < 1.29 is 0 Å². The predicted octanol–water partition coefficient (Wildman–Crippen LogP) is 3.81. The highest BCUT2D eigenvalue weighted by atomic mass is 79.9. The number of nitrogens with two attached hydrogens (primary N) is 1. The number of thiophene rings is 1. The Kier molecular flexibility index (Phi) is 4.82. The third-order valence-corrected chi connectivity index (χ3v) is 6.86. The number of rotatable bonds is 4. The Morgan fingerprint density at radius 2 is 1.85 bits per heavy atom. The van der Waals surface area contributed by atoms with Gasteiger partial charge >= 0.3 is 0 Å². The first-order chi connectivity index (χ1) is 9.78. The van der Waals surface area contributed by atoms with E-state index in [-0.39, 0.29) is 11.6 Å². The maximum absolute atomic E-state index is 6.01. The smallest absolute Gasteiger partial charge is 0.0663 e. The van der Waals surface area contributed by atoms with Crippen molar-refractivity contribution >= 4 is 27.3 Å². The summed E-state index contributed by atoms with van der Waals surface area (Å²) in [6, 6.07) is 0.240. The Bertz CT molecular complexity index is 436. The van der Waals surface area contributed by atoms with Crippen molar-refractivity contribution in [1.29, 1.82) is 0 Å². The molecule has 112 valence electrons. The van der Waals surface area contributed by atoms with E-state index in [2.05, 4.69) is 37.0 Å². The largest absolute Gasteiger partial charge is 0.296 e. The fraction of sp³-hybridized carbons (Fsp3) is 0.733. The molecule has 1 saturated carbocycles. The molecule has 3 N–H and O–H groups in total. The van der Waals surface area contributed by atoms with Crippen molar-refractivity contribution in [2.45, 2.75) is 56.5 Å². The molecule has 1 aliphatic carbocycles. The zero-order chi connectivity index (χ0) is 14.0. The lowest BCUT2D eigenvalue weighted by Gasteiger charge is -2.48. The summed E-state index contributed by atoms with van der Waals surface area (Å²) in [6.45, 7) is 2.47. The van der Waals surface area contributed by atoms with Crippen molar-refractivity contribution in [3.05, 3.63) is 20.8 Å². The summed E-state index contributed by atoms with van der Waals surface area (Å²) in [6.07, 6.45) is 9.25. The molecule has 1 atom stereocenters. The fourth-order valence-electron chi connectivity index (χ4n) is 4.15. The van der Waals surface area contributed by atoms with Crippen molar-refractivity contribution in [1.82, 2.24) is 10.3 Å². The van der Waals surface area contributed by atoms with E-state index in [1.54, 1.807) is 11.3 Å². The van der Waals surface area contributed by atoms with Crippen LogP contribution in [-0.2, 0) is 0 Å². The molecule has 1 aliphatic heterocycles. The predicted molar refractivity (Wildman–Crippen MR) is 88.7 cm³/mol. The molecule has 20 heavy (non-hydrogen) atoms. The number of piperidine rings is 1. The molecule has 5 heteroatoms. The first-order valence-electron chi connectivity index (χ1n) is 7.71. The van der Waals surface area contributed by atoms with Gasteiger partial charge in [0.05, 0.1) is 6.04 Å². The zero-order valence-corrected chi connectivity index (χ0v) is 14.3. The number of nitrogens with one attached hydrogen (secondary N) is 1. The van der Waals surface area contributed by atoms with Gasteiger partial charge in [0.2, 0.25) is 0 Å². The van der Waals surface area contributed by atoms with Gasteiger partial charge in [-0.2, -0.15) is 11.3 Å². The van der Waals surface area contributed by atoms with Crippen molar-refractivity contribution in [3.8, 4) is 0 Å². The molecule has 1 saturated heterocycles. The number of hydrogen-bond acceptors (Lipinski definition) is 4. The van der Waals surface area contributed by atoms with Gasteiger partial charge < -0.3 is 0 Å². The van der Waals surface area contributed by atoms with E-state index < -0.39 is 0 Å². The molecule has 0 radical (unpaired) electrons. The third kappa shape index (κ3) is 2.59. The van der Waals surface area contributed by atoms with Crippen LogP contribution in [0.25, 0.3) is 0 Å². The van der Waals surface area contributed by atoms with E-state index in [4.69, 9.17) is 5.84 Å². The lowest BCUT2D eigenvalue weighted by Crippen LogP contribution is -2.57. The van der Waals surface area contributed by atoms with Gasteiger partial charge in [-0.25, -0.2) is 0 Å². The van der Waals surface area contributed by atoms with Crippen LogP contribution in [0, 0.1) is 0 Å². The highest BCUT2D eigenvalue weighted by Crippen LogP contribution is 2.47. The highest BCUT2D eigenvalue weighted by Gasteiger charge is 2.47. The Morgan fingerprint density at radius 1 is 1.15 bits per heavy atom. The first-order valence-corrected chi connectivity index (χ1v) is 9.44. The van der Waals surface area contributed by atoms with Crippen LogP contribution in [-0.4, -0.2) is 23.5 Å². The molecule has 0 bridgehead atoms. The first kappa shape index (κ1) is 15.0. The van der Waals surface area contributed by atoms with Gasteiger partial charge in [0, 0.05) is 15.4 Å². The lowest BCUT2D eigenvalue weighted by molar-refractivity contribution is 0.0359. The number of nitrogens with zero attached hydrogens (tertiary/aromatic N) is 1. The third-order valence-electron chi connectivity index (χ3n) is 5.11. The Balaban J connectivity index is 1.93. The number of likely N-dealkylation sites (tertiary alicyclic amines) is 1. The van der Waals surface area contributed by atoms with Gasteiger partial charge in [0.1, 0.15) is 0 Å². The number of halogens is 1. The second-order valence-electron chi connectivity index (χ2n) is 6.13. The van der Waals surface area contributed by atoms with Gasteiger partial charge in [-0.1, -0.05) is 19.3 Å². The normalized spacial score (nSPS) is 24.9. The van der Waals surface area contributed by atoms with E-state index in [1.807, 2.05) is 0 Å². The summed E-state index contributed by atoms with van der Waals surface area (Å²) < 4.78 is 1.20. The van der Waals surface area contributed by atoms with Gasteiger partial charge in [-0.3, -0.25) is 16.2 Å². The summed E-state index contributed by atoms with van der Waals surface area (Å²) in [5.41, 5.74) is 4.72. The molecule has 1 unspecified atom stereocenters. The topological polar surface area (TPSA) is 41.3 Å². The molecule has 2 fully saturated rings. The van der Waals surface area contributed by atoms with E-state index in [0.717, 1.165) is 0 Å². The summed E-state index contributed by atoms with van der Waals surface area (Å²) in [4.78, 5) is 2.73. The Morgan fingerprint density at radius 3 is 2.40 bits per heavy atom. The molecular weight excluding hydrogens is 334 g/mol. The van der Waals surface area contributed by atoms with Crippen LogP contribution in [0.4, 0.5) is 0 Å². The van der Waals surface area contributed by atoms with Crippen LogP contribution in [0.5, 0.6) is 0 Å². The minimum absolute atomic E-state index is 0.221. The molecule has 0 amide bonds. The molecular formula is C15H24BrN3S. The zero-order valence-electron chi connectivity index (χ0n) is 11.9. The van der Waals surface area contributed by atoms with Crippen LogP contribution in [0.3, 0.4) is 0 Å². The molecule has 0 aromatic carbocycles. The molecule has 3 rings (SSSR count). The standard InChI is InChI=1S/C15H24BrN3S/c16-13-11-20-10-12(13)14(18-17)15(6-2-3-7-15)19-8-4-1-5-9-19/h10-11,14,18H,1-9,17H2. The van der Waals surface area contributed by atoms with E-state index >= 15 is 0 Å². The van der Waals surface area contributed by atoms with Crippen LogP contribution in [0.1, 0.15) is 56.6 Å². The maximum atomic E-state index is 6.01. The summed E-state index contributed by atoms with van der Waals surface area (Å²) in [5, 5.41) is 4.41. The minimum Gasteiger partial charge on any atom is -0.296 e. The van der Waals surface area contributed by atoms with E-state index in [1.165, 1.54) is 68.1 Å². The second kappa shape index (κ2) is 6.44. The summed E-state index contributed by atoms with van der Waals surface area (Å²) in [7, 11) is 0. The number of hydrogen-bond donors (Lipinski definition) is 2. The number of hydrazine groups is 1. The minimum atomic E-state index is 0.221.